The minimum atomic E-state index is -0.145. The zero-order valence-electron chi connectivity index (χ0n) is 11.6. The highest BCUT2D eigenvalue weighted by molar-refractivity contribution is 5.76. The van der Waals surface area contributed by atoms with E-state index in [1.807, 2.05) is 12.1 Å². The third-order valence-electron chi connectivity index (χ3n) is 3.85. The molecule has 1 atom stereocenters. The number of hydrogen-bond donors (Lipinski definition) is 0. The number of ketones is 1. The van der Waals surface area contributed by atoms with Crippen LogP contribution in [-0.2, 0) is 11.3 Å². The number of nitrogens with zero attached hydrogens (tertiary/aromatic N) is 1. The largest absolute Gasteiger partial charge is 0.300 e. The molecule has 0 N–H and O–H groups in total. The predicted octanol–water partition coefficient (Wildman–Crippen LogP) is 3.55. The summed E-state index contributed by atoms with van der Waals surface area (Å²) in [6.07, 6.45) is 5.17. The third kappa shape index (κ3) is 4.13. The molecule has 1 aliphatic heterocycles. The smallest absolute Gasteiger partial charge is 0.131 e. The van der Waals surface area contributed by atoms with Gasteiger partial charge < -0.3 is 0 Å². The minimum absolute atomic E-state index is 0.145. The van der Waals surface area contributed by atoms with Crippen LogP contribution in [0.3, 0.4) is 0 Å². The zero-order valence-corrected chi connectivity index (χ0v) is 11.6. The highest BCUT2D eigenvalue weighted by Gasteiger charge is 2.22. The first-order valence-electron chi connectivity index (χ1n) is 7.13. The van der Waals surface area contributed by atoms with E-state index in [0.29, 0.717) is 13.0 Å². The monoisotopic (exact) mass is 263 g/mol. The number of likely N-dealkylation sites (tertiary alicyclic amines) is 1. The highest BCUT2D eigenvalue weighted by atomic mass is 19.1. The van der Waals surface area contributed by atoms with Gasteiger partial charge in [-0.3, -0.25) is 9.69 Å². The summed E-state index contributed by atoms with van der Waals surface area (Å²) in [6.45, 7) is 3.23. The second-order valence-corrected chi connectivity index (χ2v) is 5.47. The summed E-state index contributed by atoms with van der Waals surface area (Å²) in [5.41, 5.74) is 0.734. The van der Waals surface area contributed by atoms with E-state index in [1.54, 1.807) is 13.0 Å². The zero-order chi connectivity index (χ0) is 13.7. The highest BCUT2D eigenvalue weighted by Crippen LogP contribution is 2.22. The van der Waals surface area contributed by atoms with Crippen LogP contribution in [-0.4, -0.2) is 23.3 Å². The normalized spacial score (nSPS) is 21.1. The SMILES string of the molecule is CC(=O)CC1CCCCCN1Cc1ccccc1F. The van der Waals surface area contributed by atoms with Gasteiger partial charge in [-0.2, -0.15) is 0 Å². The Morgan fingerprint density at radius 2 is 2.11 bits per heavy atom. The average Bonchev–Trinajstić information content (AvgIpc) is 2.58. The lowest BCUT2D eigenvalue weighted by atomic mass is 10.0. The summed E-state index contributed by atoms with van der Waals surface area (Å²) in [6, 6.07) is 7.21. The molecule has 0 aliphatic carbocycles. The van der Waals surface area contributed by atoms with E-state index in [4.69, 9.17) is 0 Å². The van der Waals surface area contributed by atoms with E-state index in [2.05, 4.69) is 4.90 Å². The van der Waals surface area contributed by atoms with E-state index >= 15 is 0 Å². The standard InChI is InChI=1S/C16H22FNO/c1-13(19)11-15-8-3-2-6-10-18(15)12-14-7-4-5-9-16(14)17/h4-5,7,9,15H,2-3,6,8,10-12H2,1H3. The number of rotatable bonds is 4. The van der Waals surface area contributed by atoms with Crippen molar-refractivity contribution in [3.05, 3.63) is 35.6 Å². The van der Waals surface area contributed by atoms with Crippen molar-refractivity contribution in [2.45, 2.75) is 51.6 Å². The lowest BCUT2D eigenvalue weighted by Crippen LogP contribution is -2.35. The molecule has 19 heavy (non-hydrogen) atoms. The van der Waals surface area contributed by atoms with Gasteiger partial charge in [-0.1, -0.05) is 31.0 Å². The third-order valence-corrected chi connectivity index (χ3v) is 3.85. The summed E-state index contributed by atoms with van der Waals surface area (Å²) in [5, 5.41) is 0. The van der Waals surface area contributed by atoms with Crippen molar-refractivity contribution >= 4 is 5.78 Å². The van der Waals surface area contributed by atoms with Gasteiger partial charge in [-0.05, 0) is 32.4 Å². The van der Waals surface area contributed by atoms with Crippen molar-refractivity contribution in [2.75, 3.05) is 6.54 Å². The van der Waals surface area contributed by atoms with Crippen LogP contribution in [0.25, 0.3) is 0 Å². The Balaban J connectivity index is 2.09. The van der Waals surface area contributed by atoms with Crippen molar-refractivity contribution in [3.8, 4) is 0 Å². The summed E-state index contributed by atoms with van der Waals surface area (Å²) >= 11 is 0. The van der Waals surface area contributed by atoms with Gasteiger partial charge in [-0.25, -0.2) is 4.39 Å². The van der Waals surface area contributed by atoms with Crippen LogP contribution in [0.5, 0.6) is 0 Å². The van der Waals surface area contributed by atoms with Crippen LogP contribution in [0.4, 0.5) is 4.39 Å². The number of hydrogen-bond acceptors (Lipinski definition) is 2. The molecule has 104 valence electrons. The number of Topliss-reactive ketones (excluding diaryl/α,β-unsaturated/α-hetero) is 1. The van der Waals surface area contributed by atoms with Crippen LogP contribution < -0.4 is 0 Å². The van der Waals surface area contributed by atoms with Crippen molar-refractivity contribution < 1.29 is 9.18 Å². The molecule has 1 fully saturated rings. The van der Waals surface area contributed by atoms with Crippen molar-refractivity contribution in [3.63, 3.8) is 0 Å². The molecule has 1 saturated heterocycles. The summed E-state index contributed by atoms with van der Waals surface area (Å²) < 4.78 is 13.7. The van der Waals surface area contributed by atoms with Gasteiger partial charge in [0, 0.05) is 24.6 Å². The molecule has 0 amide bonds. The fraction of sp³-hybridized carbons (Fsp3) is 0.562. The molecule has 0 radical (unpaired) electrons. The molecule has 1 aromatic carbocycles. The Morgan fingerprint density at radius 1 is 1.32 bits per heavy atom. The predicted molar refractivity (Wildman–Crippen MR) is 74.4 cm³/mol. The Kier molecular flexibility index (Phi) is 5.08. The lowest BCUT2D eigenvalue weighted by Gasteiger charge is -2.29. The molecule has 0 spiro atoms. The number of benzene rings is 1. The maximum atomic E-state index is 13.7. The maximum Gasteiger partial charge on any atom is 0.131 e. The Morgan fingerprint density at radius 3 is 2.84 bits per heavy atom. The van der Waals surface area contributed by atoms with E-state index in [9.17, 15) is 9.18 Å². The molecule has 1 aromatic rings. The van der Waals surface area contributed by atoms with Crippen molar-refractivity contribution in [2.24, 2.45) is 0 Å². The molecule has 0 saturated carbocycles. The van der Waals surface area contributed by atoms with Crippen LogP contribution in [0.15, 0.2) is 24.3 Å². The second kappa shape index (κ2) is 6.80. The molecule has 1 unspecified atom stereocenters. The van der Waals surface area contributed by atoms with Crippen molar-refractivity contribution in [1.82, 2.24) is 4.90 Å². The Bertz CT molecular complexity index is 433. The summed E-state index contributed by atoms with van der Waals surface area (Å²) in [5.74, 6) is 0.0822. The van der Waals surface area contributed by atoms with Gasteiger partial charge >= 0.3 is 0 Å². The van der Waals surface area contributed by atoms with Gasteiger partial charge in [0.05, 0.1) is 0 Å². The summed E-state index contributed by atoms with van der Waals surface area (Å²) in [4.78, 5) is 13.7. The van der Waals surface area contributed by atoms with Gasteiger partial charge in [0.25, 0.3) is 0 Å². The fourth-order valence-corrected chi connectivity index (χ4v) is 2.85. The van der Waals surface area contributed by atoms with E-state index < -0.39 is 0 Å². The van der Waals surface area contributed by atoms with E-state index in [0.717, 1.165) is 24.9 Å². The molecule has 1 heterocycles. The Hall–Kier alpha value is -1.22. The second-order valence-electron chi connectivity index (χ2n) is 5.47. The van der Waals surface area contributed by atoms with E-state index in [-0.39, 0.29) is 17.6 Å². The van der Waals surface area contributed by atoms with Crippen LogP contribution in [0.1, 0.15) is 44.6 Å². The van der Waals surface area contributed by atoms with Crippen LogP contribution >= 0.6 is 0 Å². The molecule has 2 rings (SSSR count). The fourth-order valence-electron chi connectivity index (χ4n) is 2.85. The van der Waals surface area contributed by atoms with Gasteiger partial charge in [0.2, 0.25) is 0 Å². The summed E-state index contributed by atoms with van der Waals surface area (Å²) in [7, 11) is 0. The molecule has 0 aromatic heterocycles. The first kappa shape index (κ1) is 14.2. The molecule has 3 heteroatoms. The van der Waals surface area contributed by atoms with E-state index in [1.165, 1.54) is 18.9 Å². The molecule has 2 nitrogen and oxygen atoms in total. The lowest BCUT2D eigenvalue weighted by molar-refractivity contribution is -0.118. The molecular formula is C16H22FNO. The van der Waals surface area contributed by atoms with Crippen molar-refractivity contribution in [1.29, 1.82) is 0 Å². The first-order valence-corrected chi connectivity index (χ1v) is 7.13. The topological polar surface area (TPSA) is 20.3 Å². The Labute approximate surface area is 114 Å². The molecule has 0 bridgehead atoms. The quantitative estimate of drug-likeness (QED) is 0.828. The number of carbonyl (C=O) groups is 1. The number of halogens is 1. The van der Waals surface area contributed by atoms with Crippen LogP contribution in [0.2, 0.25) is 0 Å². The minimum Gasteiger partial charge on any atom is -0.300 e. The molecule has 1 aliphatic rings. The van der Waals surface area contributed by atoms with Gasteiger partial charge in [0.1, 0.15) is 11.6 Å². The first-order chi connectivity index (χ1) is 9.16. The average molecular weight is 263 g/mol. The van der Waals surface area contributed by atoms with Crippen LogP contribution in [0, 0.1) is 5.82 Å². The maximum absolute atomic E-state index is 13.7. The molecular weight excluding hydrogens is 241 g/mol. The van der Waals surface area contributed by atoms with Gasteiger partial charge in [0.15, 0.2) is 0 Å². The van der Waals surface area contributed by atoms with Gasteiger partial charge in [-0.15, -0.1) is 0 Å². The number of carbonyl (C=O) groups excluding carboxylic acids is 1.